The van der Waals surface area contributed by atoms with E-state index in [0.717, 1.165) is 6.42 Å². The molecule has 1 unspecified atom stereocenters. The van der Waals surface area contributed by atoms with Crippen molar-refractivity contribution >= 4 is 29.9 Å². The topological polar surface area (TPSA) is 84.2 Å². The van der Waals surface area contributed by atoms with E-state index in [1.54, 1.807) is 24.3 Å². The Morgan fingerprint density at radius 3 is 2.61 bits per heavy atom. The zero-order valence-corrected chi connectivity index (χ0v) is 10.6. The monoisotopic (exact) mass is 269 g/mol. The smallest absolute Gasteiger partial charge is 0.251 e. The van der Waals surface area contributed by atoms with E-state index in [-0.39, 0.29) is 24.2 Å². The molecule has 0 aliphatic carbocycles. The third kappa shape index (κ3) is 3.37. The summed E-state index contributed by atoms with van der Waals surface area (Å²) in [7, 11) is 0. The lowest BCUT2D eigenvalue weighted by Gasteiger charge is -2.22. The number of carbonyl (C=O) groups excluding carboxylic acids is 2. The van der Waals surface area contributed by atoms with Crippen molar-refractivity contribution in [3.8, 4) is 0 Å². The van der Waals surface area contributed by atoms with Crippen LogP contribution in [0.3, 0.4) is 0 Å². The number of nitrogens with two attached hydrogens (primary N) is 1. The number of halogens is 1. The van der Waals surface area contributed by atoms with Crippen molar-refractivity contribution in [3.05, 3.63) is 29.8 Å². The van der Waals surface area contributed by atoms with Gasteiger partial charge in [0.15, 0.2) is 0 Å². The number of nitrogen functional groups attached to an aromatic ring is 1. The molecule has 1 aromatic carbocycles. The fraction of sp³-hybridized carbons (Fsp3) is 0.333. The predicted octanol–water partition coefficient (Wildman–Crippen LogP) is 0.699. The molecular formula is C12H16ClN3O2. The Balaban J connectivity index is 0.00000162. The first-order valence-corrected chi connectivity index (χ1v) is 5.61. The van der Waals surface area contributed by atoms with E-state index < -0.39 is 6.04 Å². The first kappa shape index (κ1) is 14.3. The third-order valence-corrected chi connectivity index (χ3v) is 2.76. The van der Waals surface area contributed by atoms with E-state index in [1.165, 1.54) is 0 Å². The van der Waals surface area contributed by atoms with Crippen LogP contribution in [-0.4, -0.2) is 24.4 Å². The third-order valence-electron chi connectivity index (χ3n) is 2.76. The summed E-state index contributed by atoms with van der Waals surface area (Å²) in [4.78, 5) is 23.3. The van der Waals surface area contributed by atoms with Gasteiger partial charge < -0.3 is 16.4 Å². The molecule has 2 rings (SSSR count). The van der Waals surface area contributed by atoms with Crippen LogP contribution in [-0.2, 0) is 4.79 Å². The Morgan fingerprint density at radius 2 is 2.00 bits per heavy atom. The number of carbonyl (C=O) groups is 2. The average Bonchev–Trinajstić information content (AvgIpc) is 2.33. The highest BCUT2D eigenvalue weighted by Crippen LogP contribution is 2.08. The number of hydrogen-bond donors (Lipinski definition) is 3. The molecule has 1 aliphatic rings. The summed E-state index contributed by atoms with van der Waals surface area (Å²) < 4.78 is 0. The Bertz CT molecular complexity index is 433. The quantitative estimate of drug-likeness (QED) is 0.691. The maximum atomic E-state index is 11.8. The molecule has 4 N–H and O–H groups in total. The molecule has 1 aliphatic heterocycles. The first-order valence-electron chi connectivity index (χ1n) is 5.61. The number of piperidine rings is 1. The molecule has 98 valence electrons. The molecule has 1 fully saturated rings. The fourth-order valence-corrected chi connectivity index (χ4v) is 1.79. The van der Waals surface area contributed by atoms with Gasteiger partial charge in [-0.3, -0.25) is 9.59 Å². The largest absolute Gasteiger partial charge is 0.399 e. The van der Waals surface area contributed by atoms with E-state index >= 15 is 0 Å². The van der Waals surface area contributed by atoms with Crippen molar-refractivity contribution in [2.75, 3.05) is 12.3 Å². The van der Waals surface area contributed by atoms with Gasteiger partial charge in [0.05, 0.1) is 0 Å². The van der Waals surface area contributed by atoms with Crippen LogP contribution in [0.25, 0.3) is 0 Å². The number of benzene rings is 1. The molecule has 18 heavy (non-hydrogen) atoms. The predicted molar refractivity (Wildman–Crippen MR) is 71.6 cm³/mol. The van der Waals surface area contributed by atoms with Crippen LogP contribution in [0.5, 0.6) is 0 Å². The van der Waals surface area contributed by atoms with Crippen molar-refractivity contribution in [1.82, 2.24) is 10.6 Å². The van der Waals surface area contributed by atoms with Gasteiger partial charge in [0.1, 0.15) is 6.04 Å². The summed E-state index contributed by atoms with van der Waals surface area (Å²) in [6, 6.07) is 6.19. The SMILES string of the molecule is Cl.Nc1ccc(C(=O)NC2CCCNC2=O)cc1. The number of amides is 2. The molecule has 2 amide bonds. The fourth-order valence-electron chi connectivity index (χ4n) is 1.79. The number of hydrogen-bond acceptors (Lipinski definition) is 3. The molecule has 5 nitrogen and oxygen atoms in total. The number of nitrogens with one attached hydrogen (secondary N) is 2. The van der Waals surface area contributed by atoms with Gasteiger partial charge in [0.2, 0.25) is 5.91 Å². The summed E-state index contributed by atoms with van der Waals surface area (Å²) in [5.41, 5.74) is 6.66. The molecule has 0 radical (unpaired) electrons. The minimum atomic E-state index is -0.422. The Morgan fingerprint density at radius 1 is 1.33 bits per heavy atom. The van der Waals surface area contributed by atoms with Gasteiger partial charge in [-0.25, -0.2) is 0 Å². The molecule has 1 heterocycles. The highest BCUT2D eigenvalue weighted by molar-refractivity contribution is 5.97. The molecule has 1 aromatic rings. The van der Waals surface area contributed by atoms with Crippen LogP contribution in [0.2, 0.25) is 0 Å². The van der Waals surface area contributed by atoms with E-state index in [1.807, 2.05) is 0 Å². The lowest BCUT2D eigenvalue weighted by atomic mass is 10.1. The standard InChI is InChI=1S/C12H15N3O2.ClH/c13-9-5-3-8(4-6-9)11(16)15-10-2-1-7-14-12(10)17;/h3-6,10H,1-2,7,13H2,(H,14,17)(H,15,16);1H. The lowest BCUT2D eigenvalue weighted by Crippen LogP contribution is -2.50. The second-order valence-electron chi connectivity index (χ2n) is 4.08. The van der Waals surface area contributed by atoms with Crippen molar-refractivity contribution in [3.63, 3.8) is 0 Å². The van der Waals surface area contributed by atoms with Gasteiger partial charge in [-0.15, -0.1) is 12.4 Å². The number of anilines is 1. The van der Waals surface area contributed by atoms with Gasteiger partial charge in [0.25, 0.3) is 5.91 Å². The van der Waals surface area contributed by atoms with E-state index in [0.29, 0.717) is 24.2 Å². The Hall–Kier alpha value is -1.75. The average molecular weight is 270 g/mol. The van der Waals surface area contributed by atoms with Crippen LogP contribution in [0.1, 0.15) is 23.2 Å². The summed E-state index contributed by atoms with van der Waals surface area (Å²) >= 11 is 0. The molecule has 0 spiro atoms. The maximum absolute atomic E-state index is 11.8. The summed E-state index contributed by atoms with van der Waals surface area (Å²) in [6.07, 6.45) is 1.57. The second kappa shape index (κ2) is 6.26. The molecule has 1 atom stereocenters. The van der Waals surface area contributed by atoms with Crippen LogP contribution in [0, 0.1) is 0 Å². The van der Waals surface area contributed by atoms with Crippen molar-refractivity contribution in [2.45, 2.75) is 18.9 Å². The van der Waals surface area contributed by atoms with Crippen LogP contribution in [0.4, 0.5) is 5.69 Å². The normalized spacial score (nSPS) is 18.4. The number of rotatable bonds is 2. The highest BCUT2D eigenvalue weighted by atomic mass is 35.5. The van der Waals surface area contributed by atoms with Crippen molar-refractivity contribution in [2.24, 2.45) is 0 Å². The van der Waals surface area contributed by atoms with E-state index in [4.69, 9.17) is 5.73 Å². The van der Waals surface area contributed by atoms with Crippen LogP contribution >= 0.6 is 12.4 Å². The zero-order chi connectivity index (χ0) is 12.3. The minimum absolute atomic E-state index is 0. The summed E-state index contributed by atoms with van der Waals surface area (Å²) in [5, 5.41) is 5.44. The molecule has 1 saturated heterocycles. The van der Waals surface area contributed by atoms with Gasteiger partial charge in [-0.1, -0.05) is 0 Å². The van der Waals surface area contributed by atoms with E-state index in [9.17, 15) is 9.59 Å². The molecular weight excluding hydrogens is 254 g/mol. The van der Waals surface area contributed by atoms with Crippen LogP contribution in [0.15, 0.2) is 24.3 Å². The molecule has 0 saturated carbocycles. The van der Waals surface area contributed by atoms with Gasteiger partial charge in [0, 0.05) is 17.8 Å². The van der Waals surface area contributed by atoms with E-state index in [2.05, 4.69) is 10.6 Å². The summed E-state index contributed by atoms with van der Waals surface area (Å²) in [5.74, 6) is -0.355. The van der Waals surface area contributed by atoms with Gasteiger partial charge >= 0.3 is 0 Å². The summed E-state index contributed by atoms with van der Waals surface area (Å²) in [6.45, 7) is 0.688. The molecule has 0 aromatic heterocycles. The van der Waals surface area contributed by atoms with Crippen molar-refractivity contribution in [1.29, 1.82) is 0 Å². The minimum Gasteiger partial charge on any atom is -0.399 e. The molecule has 6 heteroatoms. The van der Waals surface area contributed by atoms with Gasteiger partial charge in [-0.05, 0) is 37.1 Å². The zero-order valence-electron chi connectivity index (χ0n) is 9.81. The highest BCUT2D eigenvalue weighted by Gasteiger charge is 2.23. The Labute approximate surface area is 112 Å². The first-order chi connectivity index (χ1) is 8.16. The van der Waals surface area contributed by atoms with Crippen molar-refractivity contribution < 1.29 is 9.59 Å². The second-order valence-corrected chi connectivity index (χ2v) is 4.08. The maximum Gasteiger partial charge on any atom is 0.251 e. The molecule has 0 bridgehead atoms. The Kier molecular flexibility index (Phi) is 4.97. The van der Waals surface area contributed by atoms with Crippen LogP contribution < -0.4 is 16.4 Å². The lowest BCUT2D eigenvalue weighted by molar-refractivity contribution is -0.124. The van der Waals surface area contributed by atoms with Gasteiger partial charge in [-0.2, -0.15) is 0 Å².